The van der Waals surface area contributed by atoms with Crippen LogP contribution >= 0.6 is 0 Å². The minimum atomic E-state index is 0.00387. The molecule has 0 atom stereocenters. The summed E-state index contributed by atoms with van der Waals surface area (Å²) in [5.41, 5.74) is 1.94. The summed E-state index contributed by atoms with van der Waals surface area (Å²) in [7, 11) is 0. The summed E-state index contributed by atoms with van der Waals surface area (Å²) in [4.78, 5) is 17.2. The highest BCUT2D eigenvalue weighted by molar-refractivity contribution is 5.74. The smallest absolute Gasteiger partial charge is 0.306 e. The van der Waals surface area contributed by atoms with Crippen LogP contribution in [0.25, 0.3) is 11.0 Å². The number of fused-ring (bicyclic) bond motifs is 1. The molecule has 1 fully saturated rings. The molecule has 1 radical (unpaired) electrons. The van der Waals surface area contributed by atoms with Gasteiger partial charge in [-0.15, -0.1) is 0 Å². The van der Waals surface area contributed by atoms with E-state index in [1.165, 1.54) is 13.0 Å². The minimum Gasteiger partial charge on any atom is -0.306 e. The van der Waals surface area contributed by atoms with Crippen molar-refractivity contribution in [2.75, 3.05) is 19.6 Å². The first kappa shape index (κ1) is 11.5. The summed E-state index contributed by atoms with van der Waals surface area (Å²) in [5.74, 6) is 0. The van der Waals surface area contributed by atoms with Gasteiger partial charge >= 0.3 is 5.69 Å². The molecule has 0 unspecified atom stereocenters. The average molecular weight is 244 g/mol. The van der Waals surface area contributed by atoms with Gasteiger partial charge in [0.1, 0.15) is 0 Å². The number of H-pyrrole nitrogens is 1. The van der Waals surface area contributed by atoms with E-state index in [9.17, 15) is 4.79 Å². The lowest BCUT2D eigenvalue weighted by Gasteiger charge is -2.14. The Morgan fingerprint density at radius 3 is 2.94 bits per heavy atom. The number of imidazole rings is 1. The number of nitrogens with one attached hydrogen (secondary N) is 1. The molecule has 1 aliphatic heterocycles. The standard InChI is InChI=1S/C14H18N3O/c18-14-15-12-6-1-2-7-13(12)17(14)11-5-10-16-8-3-4-9-16/h1-3,6-7H,4-5,8-11H2,(H,15,18). The Bertz CT molecular complexity index is 578. The van der Waals surface area contributed by atoms with Gasteiger partial charge in [0.15, 0.2) is 0 Å². The number of aryl methyl sites for hydroxylation is 1. The van der Waals surface area contributed by atoms with Gasteiger partial charge in [0.05, 0.1) is 11.0 Å². The highest BCUT2D eigenvalue weighted by Gasteiger charge is 2.11. The summed E-state index contributed by atoms with van der Waals surface area (Å²) >= 11 is 0. The highest BCUT2D eigenvalue weighted by Crippen LogP contribution is 2.10. The number of hydrogen-bond donors (Lipinski definition) is 1. The summed E-state index contributed by atoms with van der Waals surface area (Å²) in [6.07, 6.45) is 4.54. The van der Waals surface area contributed by atoms with Gasteiger partial charge in [-0.25, -0.2) is 4.79 Å². The molecule has 95 valence electrons. The van der Waals surface area contributed by atoms with Gasteiger partial charge in [-0.3, -0.25) is 4.57 Å². The minimum absolute atomic E-state index is 0.00387. The predicted molar refractivity (Wildman–Crippen MR) is 72.5 cm³/mol. The van der Waals surface area contributed by atoms with E-state index in [1.807, 2.05) is 28.8 Å². The topological polar surface area (TPSA) is 41.0 Å². The molecule has 1 aromatic heterocycles. The van der Waals surface area contributed by atoms with E-state index in [0.29, 0.717) is 0 Å². The van der Waals surface area contributed by atoms with Crippen LogP contribution in [0.1, 0.15) is 12.8 Å². The van der Waals surface area contributed by atoms with E-state index in [4.69, 9.17) is 0 Å². The Kier molecular flexibility index (Phi) is 3.19. The Morgan fingerprint density at radius 1 is 1.22 bits per heavy atom. The first-order valence-electron chi connectivity index (χ1n) is 6.56. The van der Waals surface area contributed by atoms with E-state index in [-0.39, 0.29) is 5.69 Å². The second-order valence-electron chi connectivity index (χ2n) is 4.83. The van der Waals surface area contributed by atoms with Crippen molar-refractivity contribution in [2.45, 2.75) is 19.4 Å². The molecule has 1 aromatic carbocycles. The zero-order valence-electron chi connectivity index (χ0n) is 10.4. The fourth-order valence-corrected chi connectivity index (χ4v) is 2.62. The molecule has 18 heavy (non-hydrogen) atoms. The van der Waals surface area contributed by atoms with Gasteiger partial charge in [0.25, 0.3) is 0 Å². The molecule has 0 amide bonds. The van der Waals surface area contributed by atoms with E-state index < -0.39 is 0 Å². The zero-order chi connectivity index (χ0) is 12.4. The molecule has 0 bridgehead atoms. The van der Waals surface area contributed by atoms with Crippen molar-refractivity contribution in [3.05, 3.63) is 41.2 Å². The number of nitrogens with zero attached hydrogens (tertiary/aromatic N) is 2. The number of rotatable bonds is 4. The molecule has 1 N–H and O–H groups in total. The van der Waals surface area contributed by atoms with Crippen molar-refractivity contribution in [1.29, 1.82) is 0 Å². The summed E-state index contributed by atoms with van der Waals surface area (Å²) in [6.45, 7) is 4.13. The lowest BCUT2D eigenvalue weighted by molar-refractivity contribution is 0.330. The number of benzene rings is 1. The van der Waals surface area contributed by atoms with Gasteiger partial charge in [-0.05, 0) is 44.5 Å². The number of hydrogen-bond acceptors (Lipinski definition) is 2. The summed E-state index contributed by atoms with van der Waals surface area (Å²) < 4.78 is 1.84. The Labute approximate surface area is 106 Å². The maximum atomic E-state index is 11.9. The third kappa shape index (κ3) is 2.20. The number of aromatic nitrogens is 2. The second-order valence-corrected chi connectivity index (χ2v) is 4.83. The molecular formula is C14H18N3O. The Balaban J connectivity index is 1.70. The number of aromatic amines is 1. The first-order chi connectivity index (χ1) is 8.84. The van der Waals surface area contributed by atoms with Crippen LogP contribution in [-0.4, -0.2) is 34.1 Å². The molecule has 3 rings (SSSR count). The lowest BCUT2D eigenvalue weighted by Crippen LogP contribution is -2.24. The van der Waals surface area contributed by atoms with Crippen LogP contribution in [0, 0.1) is 6.42 Å². The van der Waals surface area contributed by atoms with E-state index >= 15 is 0 Å². The van der Waals surface area contributed by atoms with Crippen molar-refractivity contribution in [3.8, 4) is 0 Å². The molecule has 2 aromatic rings. The van der Waals surface area contributed by atoms with E-state index in [0.717, 1.165) is 37.1 Å². The number of para-hydroxylation sites is 2. The van der Waals surface area contributed by atoms with Crippen LogP contribution < -0.4 is 5.69 Å². The van der Waals surface area contributed by atoms with Crippen LogP contribution in [0.3, 0.4) is 0 Å². The molecule has 0 aliphatic carbocycles. The highest BCUT2D eigenvalue weighted by atomic mass is 16.1. The van der Waals surface area contributed by atoms with Crippen LogP contribution in [0.4, 0.5) is 0 Å². The molecule has 1 saturated heterocycles. The van der Waals surface area contributed by atoms with Crippen molar-refractivity contribution >= 4 is 11.0 Å². The van der Waals surface area contributed by atoms with Crippen LogP contribution in [0.5, 0.6) is 0 Å². The maximum Gasteiger partial charge on any atom is 0.326 e. The second kappa shape index (κ2) is 4.98. The fourth-order valence-electron chi connectivity index (χ4n) is 2.62. The summed E-state index contributed by atoms with van der Waals surface area (Å²) in [5, 5.41) is 0. The van der Waals surface area contributed by atoms with Crippen LogP contribution in [0.2, 0.25) is 0 Å². The molecule has 4 nitrogen and oxygen atoms in total. The Morgan fingerprint density at radius 2 is 2.11 bits per heavy atom. The van der Waals surface area contributed by atoms with Crippen molar-refractivity contribution < 1.29 is 0 Å². The first-order valence-corrected chi connectivity index (χ1v) is 6.56. The van der Waals surface area contributed by atoms with Crippen molar-refractivity contribution in [1.82, 2.24) is 14.5 Å². The molecule has 1 aliphatic rings. The van der Waals surface area contributed by atoms with Crippen molar-refractivity contribution in [2.24, 2.45) is 0 Å². The van der Waals surface area contributed by atoms with Crippen molar-refractivity contribution in [3.63, 3.8) is 0 Å². The van der Waals surface area contributed by atoms with Crippen LogP contribution in [0.15, 0.2) is 29.1 Å². The largest absolute Gasteiger partial charge is 0.326 e. The predicted octanol–water partition coefficient (Wildman–Crippen LogP) is 1.63. The quantitative estimate of drug-likeness (QED) is 0.888. The maximum absolute atomic E-state index is 11.9. The monoisotopic (exact) mass is 244 g/mol. The molecule has 0 saturated carbocycles. The normalized spacial score (nSPS) is 16.7. The van der Waals surface area contributed by atoms with Gasteiger partial charge in [0, 0.05) is 13.1 Å². The molecule has 2 heterocycles. The molecule has 4 heteroatoms. The molecule has 0 spiro atoms. The third-order valence-electron chi connectivity index (χ3n) is 3.57. The summed E-state index contributed by atoms with van der Waals surface area (Å²) in [6, 6.07) is 7.86. The average Bonchev–Trinajstić information content (AvgIpc) is 2.98. The van der Waals surface area contributed by atoms with Crippen LogP contribution in [-0.2, 0) is 6.54 Å². The number of likely N-dealkylation sites (tertiary alicyclic amines) is 1. The van der Waals surface area contributed by atoms with E-state index in [1.54, 1.807) is 0 Å². The zero-order valence-corrected chi connectivity index (χ0v) is 10.4. The fraction of sp³-hybridized carbons (Fsp3) is 0.429. The van der Waals surface area contributed by atoms with Gasteiger partial charge in [-0.2, -0.15) is 0 Å². The van der Waals surface area contributed by atoms with Gasteiger partial charge in [0.2, 0.25) is 0 Å². The molecular weight excluding hydrogens is 226 g/mol. The van der Waals surface area contributed by atoms with Gasteiger partial charge < -0.3 is 9.88 Å². The SMILES string of the molecule is O=c1[nH]c2ccccc2n1CCCN1C[CH]CC1. The third-order valence-corrected chi connectivity index (χ3v) is 3.57. The van der Waals surface area contributed by atoms with Gasteiger partial charge in [-0.1, -0.05) is 12.1 Å². The Hall–Kier alpha value is -1.55. The lowest BCUT2D eigenvalue weighted by atomic mass is 10.3. The van der Waals surface area contributed by atoms with E-state index in [2.05, 4.69) is 16.3 Å².